The number of carbonyl (C=O) groups excluding carboxylic acids is 1. The van der Waals surface area contributed by atoms with Crippen LogP contribution in [0.5, 0.6) is 23.3 Å². The summed E-state index contributed by atoms with van der Waals surface area (Å²) in [6.45, 7) is -3.22. The largest absolute Gasteiger partial charge is 0.480 e. The normalized spacial score (nSPS) is 11.3. The highest BCUT2D eigenvalue weighted by Gasteiger charge is 2.19. The first-order valence-corrected chi connectivity index (χ1v) is 11.8. The highest BCUT2D eigenvalue weighted by molar-refractivity contribution is 7.89. The number of hydrogen-bond acceptors (Lipinski definition) is 8. The van der Waals surface area contributed by atoms with Gasteiger partial charge in [0.15, 0.2) is 0 Å². The minimum Gasteiger partial charge on any atom is -0.480 e. The minimum absolute atomic E-state index is 0.0195. The van der Waals surface area contributed by atoms with Gasteiger partial charge in [-0.25, -0.2) is 23.1 Å². The average molecular weight is 534 g/mol. The van der Waals surface area contributed by atoms with Crippen molar-refractivity contribution in [2.75, 3.05) is 13.4 Å². The number of aromatic nitrogens is 2. The first-order chi connectivity index (χ1) is 16.0. The van der Waals surface area contributed by atoms with Gasteiger partial charge in [-0.3, -0.25) is 4.79 Å². The third-order valence-electron chi connectivity index (χ3n) is 4.05. The number of hydrogen-bond donors (Lipinski definition) is 1. The second kappa shape index (κ2) is 10.4. The summed E-state index contributed by atoms with van der Waals surface area (Å²) in [7, 11) is -2.46. The van der Waals surface area contributed by atoms with Crippen LogP contribution < -0.4 is 18.9 Å². The molecule has 0 atom stereocenters. The van der Waals surface area contributed by atoms with Gasteiger partial charge in [-0.1, -0.05) is 23.2 Å². The molecule has 180 valence electrons. The molecular formula is C20H15Cl2F2N3O6S. The van der Waals surface area contributed by atoms with Crippen molar-refractivity contribution >= 4 is 39.1 Å². The molecule has 0 aliphatic carbocycles. The summed E-state index contributed by atoms with van der Waals surface area (Å²) in [4.78, 5) is 20.1. The molecule has 1 aromatic carbocycles. The van der Waals surface area contributed by atoms with Gasteiger partial charge in [0.25, 0.3) is 5.91 Å². The summed E-state index contributed by atoms with van der Waals surface area (Å²) in [6, 6.07) is 6.32. The predicted molar refractivity (Wildman–Crippen MR) is 119 cm³/mol. The lowest BCUT2D eigenvalue weighted by Gasteiger charge is -2.14. The molecule has 0 aliphatic heterocycles. The molecule has 2 heterocycles. The number of halogens is 4. The van der Waals surface area contributed by atoms with Crippen molar-refractivity contribution in [1.29, 1.82) is 0 Å². The maximum Gasteiger partial charge on any atom is 0.387 e. The zero-order chi connectivity index (χ0) is 25.0. The van der Waals surface area contributed by atoms with Crippen molar-refractivity contribution in [3.05, 3.63) is 58.3 Å². The van der Waals surface area contributed by atoms with Gasteiger partial charge in [-0.2, -0.15) is 8.78 Å². The minimum atomic E-state index is -3.86. The number of benzene rings is 1. The fourth-order valence-corrected chi connectivity index (χ4v) is 3.59. The summed E-state index contributed by atoms with van der Waals surface area (Å²) in [6.07, 6.45) is 3.40. The lowest BCUT2D eigenvalue weighted by atomic mass is 10.0. The molecule has 1 N–H and O–H groups in total. The zero-order valence-electron chi connectivity index (χ0n) is 17.4. The first kappa shape index (κ1) is 25.4. The summed E-state index contributed by atoms with van der Waals surface area (Å²) < 4.78 is 65.3. The van der Waals surface area contributed by atoms with E-state index >= 15 is 0 Å². The van der Waals surface area contributed by atoms with Crippen LogP contribution in [-0.4, -0.2) is 44.3 Å². The molecule has 0 radical (unpaired) electrons. The van der Waals surface area contributed by atoms with E-state index in [1.54, 1.807) is 4.72 Å². The molecule has 14 heteroatoms. The van der Waals surface area contributed by atoms with Gasteiger partial charge in [-0.05, 0) is 24.3 Å². The molecule has 0 fully saturated rings. The Morgan fingerprint density at radius 2 is 1.74 bits per heavy atom. The summed E-state index contributed by atoms with van der Waals surface area (Å²) in [5.41, 5.74) is 0.160. The second-order valence-electron chi connectivity index (χ2n) is 6.57. The maximum atomic E-state index is 13.0. The monoisotopic (exact) mass is 533 g/mol. The fraction of sp³-hybridized carbons (Fsp3) is 0.150. The van der Waals surface area contributed by atoms with Crippen LogP contribution in [0.25, 0.3) is 11.1 Å². The number of nitrogens with zero attached hydrogens (tertiary/aromatic N) is 2. The fourth-order valence-electron chi connectivity index (χ4n) is 2.70. The second-order valence-corrected chi connectivity index (χ2v) is 9.13. The Labute approximate surface area is 202 Å². The SMILES string of the molecule is COc1ncc(Oc2ncc(-c3ccc(C(=O)NS(C)(=O)=O)cc3OC(F)F)cc2Cl)cc1Cl. The van der Waals surface area contributed by atoms with E-state index in [2.05, 4.69) is 14.7 Å². The van der Waals surface area contributed by atoms with Gasteiger partial charge >= 0.3 is 6.61 Å². The van der Waals surface area contributed by atoms with Gasteiger partial charge in [0.1, 0.15) is 21.5 Å². The molecule has 3 aromatic rings. The standard InChI is InChI=1S/C20H15Cl2F2N3O6S/c1-31-18-15(22)7-12(9-26-18)32-19-14(21)5-11(8-25-19)13-4-3-10(6-16(13)33-20(23)24)17(28)27-34(2,29)30/h3-9,20H,1-2H3,(H,27,28). The van der Waals surface area contributed by atoms with Gasteiger partial charge in [0, 0.05) is 29.0 Å². The van der Waals surface area contributed by atoms with Crippen LogP contribution in [0, 0.1) is 0 Å². The number of sulfonamides is 1. The molecule has 0 aliphatic rings. The molecule has 0 saturated carbocycles. The van der Waals surface area contributed by atoms with Crippen LogP contribution in [0.4, 0.5) is 8.78 Å². The molecule has 0 unspecified atom stereocenters. The van der Waals surface area contributed by atoms with Crippen molar-refractivity contribution in [2.24, 2.45) is 0 Å². The predicted octanol–water partition coefficient (Wildman–Crippen LogP) is 4.54. The van der Waals surface area contributed by atoms with E-state index in [-0.39, 0.29) is 44.2 Å². The number of ether oxygens (including phenoxy) is 3. The molecule has 34 heavy (non-hydrogen) atoms. The molecule has 9 nitrogen and oxygen atoms in total. The number of nitrogens with one attached hydrogen (secondary N) is 1. The lowest BCUT2D eigenvalue weighted by molar-refractivity contribution is -0.0495. The number of methoxy groups -OCH3 is 1. The number of carbonyl (C=O) groups is 1. The van der Waals surface area contributed by atoms with Crippen LogP contribution in [0.15, 0.2) is 42.7 Å². The van der Waals surface area contributed by atoms with E-state index < -0.39 is 28.3 Å². The summed E-state index contributed by atoms with van der Waals surface area (Å²) in [5, 5.41) is 0.216. The van der Waals surface area contributed by atoms with E-state index in [4.69, 9.17) is 32.7 Å². The molecule has 0 saturated heterocycles. The Kier molecular flexibility index (Phi) is 7.75. The van der Waals surface area contributed by atoms with Crippen LogP contribution in [0.2, 0.25) is 10.0 Å². The van der Waals surface area contributed by atoms with Crippen molar-refractivity contribution in [2.45, 2.75) is 6.61 Å². The van der Waals surface area contributed by atoms with Crippen molar-refractivity contribution in [3.63, 3.8) is 0 Å². The lowest BCUT2D eigenvalue weighted by Crippen LogP contribution is -2.29. The quantitative estimate of drug-likeness (QED) is 0.448. The Morgan fingerprint density at radius 3 is 2.32 bits per heavy atom. The summed E-state index contributed by atoms with van der Waals surface area (Å²) >= 11 is 12.3. The molecular weight excluding hydrogens is 519 g/mol. The Bertz CT molecular complexity index is 1340. The van der Waals surface area contributed by atoms with Crippen LogP contribution in [0.3, 0.4) is 0 Å². The van der Waals surface area contributed by atoms with Crippen molar-refractivity contribution < 1.29 is 36.2 Å². The maximum absolute atomic E-state index is 13.0. The number of amides is 1. The smallest absolute Gasteiger partial charge is 0.387 e. The van der Waals surface area contributed by atoms with Crippen LogP contribution in [0.1, 0.15) is 10.4 Å². The third-order valence-corrected chi connectivity index (χ3v) is 5.14. The molecule has 1 amide bonds. The molecule has 0 bridgehead atoms. The topological polar surface area (TPSA) is 117 Å². The van der Waals surface area contributed by atoms with Crippen molar-refractivity contribution in [1.82, 2.24) is 14.7 Å². The summed E-state index contributed by atoms with van der Waals surface area (Å²) in [5.74, 6) is -1.01. The van der Waals surface area contributed by atoms with E-state index in [1.807, 2.05) is 0 Å². The first-order valence-electron chi connectivity index (χ1n) is 9.11. The third kappa shape index (κ3) is 6.43. The Morgan fingerprint density at radius 1 is 1.06 bits per heavy atom. The van der Waals surface area contributed by atoms with E-state index in [1.165, 1.54) is 43.8 Å². The number of pyridine rings is 2. The van der Waals surface area contributed by atoms with Crippen LogP contribution >= 0.6 is 23.2 Å². The van der Waals surface area contributed by atoms with Gasteiger partial charge in [0.05, 0.1) is 19.6 Å². The van der Waals surface area contributed by atoms with E-state index in [0.29, 0.717) is 0 Å². The number of alkyl halides is 2. The molecule has 0 spiro atoms. The van der Waals surface area contributed by atoms with Gasteiger partial charge in [0.2, 0.25) is 21.8 Å². The van der Waals surface area contributed by atoms with Gasteiger partial charge < -0.3 is 14.2 Å². The van der Waals surface area contributed by atoms with E-state index in [9.17, 15) is 22.0 Å². The molecule has 3 rings (SSSR count). The van der Waals surface area contributed by atoms with Gasteiger partial charge in [-0.15, -0.1) is 0 Å². The average Bonchev–Trinajstić information content (AvgIpc) is 2.74. The van der Waals surface area contributed by atoms with E-state index in [0.717, 1.165) is 12.3 Å². The molecule has 2 aromatic heterocycles. The number of rotatable bonds is 8. The highest BCUT2D eigenvalue weighted by Crippen LogP contribution is 2.37. The zero-order valence-corrected chi connectivity index (χ0v) is 19.7. The van der Waals surface area contributed by atoms with Crippen LogP contribution in [-0.2, 0) is 10.0 Å². The van der Waals surface area contributed by atoms with Crippen molar-refractivity contribution in [3.8, 4) is 34.4 Å². The Balaban J connectivity index is 1.93. The highest BCUT2D eigenvalue weighted by atomic mass is 35.5. The Hall–Kier alpha value is -3.22.